The maximum Gasteiger partial charge on any atom is 0.254 e. The molecule has 6 unspecified atom stereocenters. The Bertz CT molecular complexity index is 1520. The third-order valence-corrected chi connectivity index (χ3v) is 10.8. The quantitative estimate of drug-likeness (QED) is 0.214. The number of halogens is 4. The second-order valence-electron chi connectivity index (χ2n) is 10.4. The van der Waals surface area contributed by atoms with Crippen molar-refractivity contribution in [3.05, 3.63) is 64.7 Å². The third kappa shape index (κ3) is 3.50. The SMILES string of the molecule is COc1cc(C2C3=CCC4C(=O)N(c5ccc(Cl)cc5)C(=O)C4C3CC3(Cl)C(=O)N(CBr)C(=O)C23Cl)ccc1O. The first-order valence-electron chi connectivity index (χ1n) is 12.5. The highest BCUT2D eigenvalue weighted by Gasteiger charge is 2.76. The minimum atomic E-state index is -1.93. The van der Waals surface area contributed by atoms with Gasteiger partial charge in [0.25, 0.3) is 11.8 Å². The predicted molar refractivity (Wildman–Crippen MR) is 152 cm³/mol. The standard InChI is InChI=1S/C28H22BrCl3N2O6/c1-40-20-10-13(2-9-19(20)35)22-16-7-8-17-21(24(37)34(23(17)36)15-5-3-14(30)4-6-15)18(16)11-27(31)25(38)33(12-29)26(39)28(22,27)32/h2-7,9-10,17-18,21-22,35H,8,11-12H2,1H3. The van der Waals surface area contributed by atoms with Gasteiger partial charge in [-0.2, -0.15) is 0 Å². The van der Waals surface area contributed by atoms with Crippen molar-refractivity contribution in [3.63, 3.8) is 0 Å². The highest BCUT2D eigenvalue weighted by Crippen LogP contribution is 2.65. The number of alkyl halides is 3. The molecule has 3 fully saturated rings. The first-order chi connectivity index (χ1) is 19.0. The number of aromatic hydroxyl groups is 1. The van der Waals surface area contributed by atoms with E-state index in [2.05, 4.69) is 15.9 Å². The summed E-state index contributed by atoms with van der Waals surface area (Å²) in [4.78, 5) is 53.3. The van der Waals surface area contributed by atoms with Crippen molar-refractivity contribution < 1.29 is 29.0 Å². The zero-order valence-corrected chi connectivity index (χ0v) is 24.8. The lowest BCUT2D eigenvalue weighted by Crippen LogP contribution is -2.60. The van der Waals surface area contributed by atoms with E-state index < -0.39 is 51.1 Å². The van der Waals surface area contributed by atoms with Crippen molar-refractivity contribution in [3.8, 4) is 11.5 Å². The number of allylic oxidation sites excluding steroid dienone is 2. The number of hydrogen-bond acceptors (Lipinski definition) is 6. The Morgan fingerprint density at radius 2 is 1.73 bits per heavy atom. The summed E-state index contributed by atoms with van der Waals surface area (Å²) in [6.07, 6.45) is 1.98. The van der Waals surface area contributed by atoms with E-state index in [9.17, 15) is 24.3 Å². The number of carbonyl (C=O) groups is 4. The number of imide groups is 2. The van der Waals surface area contributed by atoms with Crippen LogP contribution in [0.4, 0.5) is 5.69 Å². The molecule has 12 heteroatoms. The first kappa shape index (κ1) is 27.6. The van der Waals surface area contributed by atoms with Crippen LogP contribution in [0.2, 0.25) is 5.02 Å². The van der Waals surface area contributed by atoms with Gasteiger partial charge in [0.05, 0.1) is 30.1 Å². The van der Waals surface area contributed by atoms with Gasteiger partial charge in [0.2, 0.25) is 11.8 Å². The summed E-state index contributed by atoms with van der Waals surface area (Å²) in [5, 5.41) is 10.7. The summed E-state index contributed by atoms with van der Waals surface area (Å²) >= 11 is 23.6. The number of methoxy groups -OCH3 is 1. The molecule has 2 heterocycles. The summed E-state index contributed by atoms with van der Waals surface area (Å²) in [6.45, 7) is 0. The summed E-state index contributed by atoms with van der Waals surface area (Å²) in [7, 11) is 1.39. The van der Waals surface area contributed by atoms with Crippen LogP contribution < -0.4 is 9.64 Å². The molecule has 0 spiro atoms. The molecule has 6 rings (SSSR count). The average molecular weight is 669 g/mol. The monoisotopic (exact) mass is 666 g/mol. The number of rotatable bonds is 4. The summed E-state index contributed by atoms with van der Waals surface area (Å²) in [5.74, 6) is -5.17. The van der Waals surface area contributed by atoms with E-state index in [1.54, 1.807) is 36.4 Å². The van der Waals surface area contributed by atoms with Gasteiger partial charge >= 0.3 is 0 Å². The number of ether oxygens (including phenoxy) is 1. The zero-order chi connectivity index (χ0) is 28.7. The topological polar surface area (TPSA) is 104 Å². The largest absolute Gasteiger partial charge is 0.504 e. The molecule has 6 atom stereocenters. The van der Waals surface area contributed by atoms with Gasteiger partial charge in [0, 0.05) is 10.9 Å². The lowest BCUT2D eigenvalue weighted by Gasteiger charge is -2.50. The molecule has 2 aromatic rings. The van der Waals surface area contributed by atoms with Crippen LogP contribution in [0.1, 0.15) is 24.3 Å². The van der Waals surface area contributed by atoms with Gasteiger partial charge < -0.3 is 9.84 Å². The van der Waals surface area contributed by atoms with Crippen LogP contribution in [-0.4, -0.2) is 55.9 Å². The normalized spacial score (nSPS) is 33.1. The van der Waals surface area contributed by atoms with Crippen molar-refractivity contribution in [1.29, 1.82) is 0 Å². The van der Waals surface area contributed by atoms with E-state index in [0.29, 0.717) is 21.8 Å². The molecule has 8 nitrogen and oxygen atoms in total. The number of hydrogen-bond donors (Lipinski definition) is 1. The fourth-order valence-corrected chi connectivity index (χ4v) is 8.40. The highest BCUT2D eigenvalue weighted by atomic mass is 79.9. The first-order valence-corrected chi connectivity index (χ1v) is 14.8. The Balaban J connectivity index is 1.52. The number of carbonyl (C=O) groups excluding carboxylic acids is 4. The van der Waals surface area contributed by atoms with Gasteiger partial charge in [-0.15, -0.1) is 23.2 Å². The Hall–Kier alpha value is -2.59. The van der Waals surface area contributed by atoms with Crippen LogP contribution >= 0.6 is 50.7 Å². The molecule has 208 valence electrons. The average Bonchev–Trinajstić information content (AvgIpc) is 3.27. The third-order valence-electron chi connectivity index (χ3n) is 8.64. The van der Waals surface area contributed by atoms with Gasteiger partial charge in [-0.05, 0) is 60.7 Å². The van der Waals surface area contributed by atoms with Crippen LogP contribution in [0, 0.1) is 17.8 Å². The molecule has 0 bridgehead atoms. The maximum absolute atomic E-state index is 14.0. The number of likely N-dealkylation sites (tertiary alicyclic amines) is 1. The van der Waals surface area contributed by atoms with E-state index in [0.717, 1.165) is 9.80 Å². The number of nitrogens with zero attached hydrogens (tertiary/aromatic N) is 2. The molecule has 2 aromatic carbocycles. The second kappa shape index (κ2) is 9.48. The van der Waals surface area contributed by atoms with Crippen LogP contribution in [-0.2, 0) is 19.2 Å². The van der Waals surface area contributed by atoms with Crippen LogP contribution in [0.5, 0.6) is 11.5 Å². The Kier molecular flexibility index (Phi) is 6.53. The lowest BCUT2D eigenvalue weighted by molar-refractivity contribution is -0.138. The Morgan fingerprint density at radius 3 is 2.38 bits per heavy atom. The number of amides is 4. The van der Waals surface area contributed by atoms with Gasteiger partial charge in [-0.3, -0.25) is 29.0 Å². The number of phenolic OH excluding ortho intramolecular Hbond substituents is 1. The molecule has 0 radical (unpaired) electrons. The summed E-state index contributed by atoms with van der Waals surface area (Å²) in [5.41, 5.74) is 1.41. The highest BCUT2D eigenvalue weighted by molar-refractivity contribution is 9.09. The number of phenols is 1. The van der Waals surface area contributed by atoms with Crippen molar-refractivity contribution in [2.75, 3.05) is 17.5 Å². The molecule has 1 saturated carbocycles. The minimum absolute atomic E-state index is 0.113. The fourth-order valence-electron chi connectivity index (χ4n) is 6.85. The van der Waals surface area contributed by atoms with E-state index in [4.69, 9.17) is 39.5 Å². The smallest absolute Gasteiger partial charge is 0.254 e. The molecule has 0 aromatic heterocycles. The van der Waals surface area contributed by atoms with Crippen molar-refractivity contribution in [2.45, 2.75) is 28.5 Å². The molecule has 2 aliphatic carbocycles. The zero-order valence-electron chi connectivity index (χ0n) is 20.9. The molecule has 2 aliphatic heterocycles. The number of anilines is 1. The van der Waals surface area contributed by atoms with E-state index in [-0.39, 0.29) is 35.7 Å². The molecule has 1 N–H and O–H groups in total. The number of benzene rings is 2. The molecule has 2 saturated heterocycles. The second-order valence-corrected chi connectivity index (χ2v) is 12.6. The van der Waals surface area contributed by atoms with Gasteiger partial charge in [0.1, 0.15) is 0 Å². The predicted octanol–water partition coefficient (Wildman–Crippen LogP) is 4.97. The van der Waals surface area contributed by atoms with Gasteiger partial charge in [0.15, 0.2) is 21.2 Å². The number of fused-ring (bicyclic) bond motifs is 4. The fraction of sp³-hybridized carbons (Fsp3) is 0.357. The Morgan fingerprint density at radius 1 is 1.02 bits per heavy atom. The molecule has 40 heavy (non-hydrogen) atoms. The van der Waals surface area contributed by atoms with Crippen LogP contribution in [0.3, 0.4) is 0 Å². The summed E-state index contributed by atoms with van der Waals surface area (Å²) < 4.78 is 5.31. The maximum atomic E-state index is 14.0. The van der Waals surface area contributed by atoms with Gasteiger partial charge in [-0.1, -0.05) is 45.2 Å². The van der Waals surface area contributed by atoms with Gasteiger partial charge in [-0.25, -0.2) is 0 Å². The van der Waals surface area contributed by atoms with Crippen molar-refractivity contribution >= 4 is 80.0 Å². The van der Waals surface area contributed by atoms with E-state index >= 15 is 0 Å². The lowest BCUT2D eigenvalue weighted by atomic mass is 9.56. The summed E-state index contributed by atoms with van der Waals surface area (Å²) in [6, 6.07) is 11.0. The Labute approximate surface area is 252 Å². The van der Waals surface area contributed by atoms with E-state index in [1.807, 2.05) is 6.08 Å². The van der Waals surface area contributed by atoms with Crippen molar-refractivity contribution in [1.82, 2.24) is 4.90 Å². The minimum Gasteiger partial charge on any atom is -0.504 e. The molecule has 4 aliphatic rings. The molecule has 4 amide bonds. The van der Waals surface area contributed by atoms with Crippen LogP contribution in [0.15, 0.2) is 54.1 Å². The van der Waals surface area contributed by atoms with E-state index in [1.165, 1.54) is 13.2 Å². The molecular weight excluding hydrogens is 647 g/mol. The molecular formula is C28H22BrCl3N2O6. The van der Waals surface area contributed by atoms with Crippen LogP contribution in [0.25, 0.3) is 0 Å². The van der Waals surface area contributed by atoms with Crippen molar-refractivity contribution in [2.24, 2.45) is 17.8 Å².